The highest BCUT2D eigenvalue weighted by Crippen LogP contribution is 2.65. The molecule has 3 aliphatic carbocycles. The molecule has 0 aromatic heterocycles. The van der Waals surface area contributed by atoms with Gasteiger partial charge in [0, 0.05) is 26.7 Å². The Kier molecular flexibility index (Phi) is 12.7. The molecule has 5 atom stereocenters. The number of ether oxygens (including phenoxy) is 6. The predicted molar refractivity (Wildman–Crippen MR) is 218 cm³/mol. The predicted octanol–water partition coefficient (Wildman–Crippen LogP) is 7.10. The van der Waals surface area contributed by atoms with Gasteiger partial charge in [-0.15, -0.1) is 0 Å². The van der Waals surface area contributed by atoms with E-state index < -0.39 is 54.7 Å². The normalized spacial score (nSPS) is 24.1. The van der Waals surface area contributed by atoms with Crippen LogP contribution in [0.3, 0.4) is 0 Å². The van der Waals surface area contributed by atoms with E-state index in [9.17, 15) is 19.2 Å². The molecule has 14 nitrogen and oxygen atoms in total. The Morgan fingerprint density at radius 2 is 1.63 bits per heavy atom. The Labute approximate surface area is 348 Å². The summed E-state index contributed by atoms with van der Waals surface area (Å²) in [5, 5.41) is 0. The van der Waals surface area contributed by atoms with Crippen LogP contribution in [0.4, 0.5) is 9.59 Å². The lowest BCUT2D eigenvalue weighted by Gasteiger charge is -2.64. The van der Waals surface area contributed by atoms with Crippen molar-refractivity contribution in [2.75, 3.05) is 33.8 Å². The minimum absolute atomic E-state index is 0.00802. The number of hydrogen-bond donors (Lipinski definition) is 0. The highest BCUT2D eigenvalue weighted by atomic mass is 16.7. The van der Waals surface area contributed by atoms with Gasteiger partial charge in [-0.05, 0) is 108 Å². The van der Waals surface area contributed by atoms with Gasteiger partial charge in [-0.3, -0.25) is 9.80 Å². The molecule has 15 heteroatoms. The van der Waals surface area contributed by atoms with Crippen molar-refractivity contribution in [3.63, 3.8) is 0 Å². The van der Waals surface area contributed by atoms with Crippen molar-refractivity contribution in [1.82, 2.24) is 9.80 Å². The zero-order valence-electron chi connectivity index (χ0n) is 36.5. The van der Waals surface area contributed by atoms with Gasteiger partial charge in [0.1, 0.15) is 41.3 Å². The van der Waals surface area contributed by atoms with Crippen molar-refractivity contribution >= 4 is 31.3 Å². The maximum Gasteiger partial charge on any atom is 0.514 e. The molecule has 2 bridgehead atoms. The van der Waals surface area contributed by atoms with Crippen molar-refractivity contribution in [2.45, 2.75) is 130 Å². The minimum atomic E-state index is -0.982. The van der Waals surface area contributed by atoms with Crippen LogP contribution in [-0.4, -0.2) is 110 Å². The van der Waals surface area contributed by atoms with Crippen molar-refractivity contribution in [3.05, 3.63) is 59.2 Å². The van der Waals surface area contributed by atoms with Gasteiger partial charge in [-0.1, -0.05) is 50.2 Å². The summed E-state index contributed by atoms with van der Waals surface area (Å²) < 4.78 is 47.4. The molecule has 2 aromatic rings. The average Bonchev–Trinajstić information content (AvgIpc) is 3.48. The third kappa shape index (κ3) is 10.0. The first-order chi connectivity index (χ1) is 27.6. The Bertz CT molecular complexity index is 1870. The number of methoxy groups -OCH3 is 1. The van der Waals surface area contributed by atoms with E-state index >= 15 is 0 Å². The number of rotatable bonds is 13. The number of aryl methyl sites for hydroxylation is 1. The first-order valence-electron chi connectivity index (χ1n) is 20.6. The van der Waals surface area contributed by atoms with Gasteiger partial charge in [-0.2, -0.15) is 0 Å². The van der Waals surface area contributed by atoms with Crippen LogP contribution in [0, 0.1) is 17.3 Å². The lowest BCUT2D eigenvalue weighted by atomic mass is 9.43. The number of hydrogen-bond acceptors (Lipinski definition) is 13. The molecule has 1 amide bonds. The zero-order valence-corrected chi connectivity index (χ0v) is 36.5. The zero-order chi connectivity index (χ0) is 43.1. The van der Waals surface area contributed by atoms with Crippen LogP contribution in [0.25, 0.3) is 0 Å². The molecular weight excluding hydrogens is 759 g/mol. The van der Waals surface area contributed by atoms with Crippen molar-refractivity contribution < 1.29 is 56.9 Å². The van der Waals surface area contributed by atoms with Crippen LogP contribution >= 0.6 is 0 Å². The first kappa shape index (κ1) is 44.2. The summed E-state index contributed by atoms with van der Waals surface area (Å²) in [6.45, 7) is 18.1. The fourth-order valence-electron chi connectivity index (χ4n) is 8.85. The molecule has 2 aliphatic heterocycles. The standard InChI is InChI=1S/C44H61BN2O12/c1-41(2,3)56-38(49)35-32(54-30-23-47(24-30)25-31(37(48)52-11)46(10)39(50)53-26-27-15-13-12-14-16-27)18-17-28(36(35)55-40(51)57-42(4,5)6)19-20-45-58-34-22-29-21-33(43(29,7)8)44(34,9)59-45/h12-18,29-31,33-34H,19-26H2,1-11H3/t29-,31+,33-,34+,44-/m0/s1. The highest BCUT2D eigenvalue weighted by molar-refractivity contribution is 6.45. The summed E-state index contributed by atoms with van der Waals surface area (Å²) in [6.07, 6.45) is 0.830. The van der Waals surface area contributed by atoms with Crippen LogP contribution in [0.5, 0.6) is 11.5 Å². The van der Waals surface area contributed by atoms with Crippen LogP contribution < -0.4 is 9.47 Å². The third-order valence-corrected chi connectivity index (χ3v) is 12.1. The number of esters is 2. The molecule has 0 unspecified atom stereocenters. The van der Waals surface area contributed by atoms with E-state index in [0.717, 1.165) is 18.4 Å². The average molecular weight is 821 g/mol. The fourth-order valence-corrected chi connectivity index (χ4v) is 8.85. The first-order valence-corrected chi connectivity index (χ1v) is 20.6. The second-order valence-corrected chi connectivity index (χ2v) is 19.1. The van der Waals surface area contributed by atoms with Crippen LogP contribution in [0.15, 0.2) is 42.5 Å². The Hall–Kier alpha value is -4.34. The van der Waals surface area contributed by atoms with Crippen LogP contribution in [0.1, 0.15) is 96.6 Å². The molecule has 5 fully saturated rings. The SMILES string of the molecule is COC(=O)[C@@H](CN1CC(Oc2ccc(CCB3O[C@@H]4C[C@@H]5C[C@@H](C5(C)C)[C@]4(C)O3)c(OC(=O)OC(C)(C)C)c2C(=O)OC(C)(C)C)C1)N(C)C(=O)OCc1ccccc1. The highest BCUT2D eigenvalue weighted by Gasteiger charge is 2.67. The number of carbonyl (C=O) groups excluding carboxylic acids is 4. The Morgan fingerprint density at radius 1 is 0.949 bits per heavy atom. The van der Waals surface area contributed by atoms with Gasteiger partial charge in [0.15, 0.2) is 5.75 Å². The van der Waals surface area contributed by atoms with E-state index in [4.69, 9.17) is 37.7 Å². The molecule has 7 rings (SSSR count). The van der Waals surface area contributed by atoms with E-state index in [1.807, 2.05) is 35.2 Å². The Balaban J connectivity index is 1.19. The number of benzene rings is 2. The lowest BCUT2D eigenvalue weighted by molar-refractivity contribution is -0.199. The second-order valence-electron chi connectivity index (χ2n) is 19.1. The second kappa shape index (κ2) is 17.0. The van der Waals surface area contributed by atoms with E-state index in [2.05, 4.69) is 20.8 Å². The summed E-state index contributed by atoms with van der Waals surface area (Å²) in [4.78, 5) is 56.4. The van der Waals surface area contributed by atoms with E-state index in [1.54, 1.807) is 53.7 Å². The Morgan fingerprint density at radius 3 is 2.25 bits per heavy atom. The molecule has 2 saturated heterocycles. The van der Waals surface area contributed by atoms with Crippen molar-refractivity contribution in [3.8, 4) is 11.5 Å². The van der Waals surface area contributed by atoms with Crippen LogP contribution in [0.2, 0.25) is 6.32 Å². The maximum absolute atomic E-state index is 14.1. The number of amides is 1. The summed E-state index contributed by atoms with van der Waals surface area (Å²) >= 11 is 0. The molecule has 0 N–H and O–H groups in total. The smallest absolute Gasteiger partial charge is 0.487 e. The van der Waals surface area contributed by atoms with E-state index in [1.165, 1.54) is 19.1 Å². The maximum atomic E-state index is 14.1. The number of likely N-dealkylation sites (N-methyl/N-ethyl adjacent to an activating group) is 1. The topological polar surface area (TPSA) is 149 Å². The fraction of sp³-hybridized carbons (Fsp3) is 0.636. The van der Waals surface area contributed by atoms with Crippen molar-refractivity contribution in [1.29, 1.82) is 0 Å². The van der Waals surface area contributed by atoms with Crippen molar-refractivity contribution in [2.24, 2.45) is 17.3 Å². The molecule has 322 valence electrons. The summed E-state index contributed by atoms with van der Waals surface area (Å²) in [5.74, 6) is -0.180. The molecule has 3 saturated carbocycles. The van der Waals surface area contributed by atoms with Gasteiger partial charge in [0.2, 0.25) is 0 Å². The van der Waals surface area contributed by atoms with Gasteiger partial charge >= 0.3 is 31.3 Å². The lowest BCUT2D eigenvalue weighted by Crippen LogP contribution is -2.65. The summed E-state index contributed by atoms with van der Waals surface area (Å²) in [5.41, 5.74) is -0.618. The summed E-state index contributed by atoms with van der Waals surface area (Å²) in [7, 11) is 2.28. The van der Waals surface area contributed by atoms with Gasteiger partial charge in [-0.25, -0.2) is 19.2 Å². The molecule has 2 heterocycles. The molecule has 5 aliphatic rings. The minimum Gasteiger partial charge on any atom is -0.487 e. The molecule has 59 heavy (non-hydrogen) atoms. The van der Waals surface area contributed by atoms with Gasteiger partial charge < -0.3 is 37.7 Å². The number of carbonyl (C=O) groups is 4. The molecule has 0 spiro atoms. The quantitative estimate of drug-likeness (QED) is 0.0877. The largest absolute Gasteiger partial charge is 0.514 e. The van der Waals surface area contributed by atoms with Crippen LogP contribution in [-0.2, 0) is 46.1 Å². The third-order valence-electron chi connectivity index (χ3n) is 12.1. The monoisotopic (exact) mass is 820 g/mol. The van der Waals surface area contributed by atoms with Gasteiger partial charge in [0.05, 0.1) is 18.8 Å². The summed E-state index contributed by atoms with van der Waals surface area (Å²) in [6, 6.07) is 11.7. The molecular formula is C44H61BN2O12. The molecule has 2 aromatic carbocycles. The van der Waals surface area contributed by atoms with Gasteiger partial charge in [0.25, 0.3) is 0 Å². The van der Waals surface area contributed by atoms with E-state index in [0.29, 0.717) is 43.2 Å². The van der Waals surface area contributed by atoms with E-state index in [-0.39, 0.29) is 47.3 Å². The number of likely N-dealkylation sites (tertiary alicyclic amines) is 1. The molecule has 0 radical (unpaired) electrons. The number of nitrogens with zero attached hydrogens (tertiary/aromatic N) is 2.